The fraction of sp³-hybridized carbons (Fsp3) is 0.379. The molecule has 33 heavy (non-hydrogen) atoms. The molecule has 4 nitrogen and oxygen atoms in total. The molecule has 1 heterocycles. The number of hydrogen-bond donors (Lipinski definition) is 1. The van der Waals surface area contributed by atoms with Gasteiger partial charge in [-0.1, -0.05) is 49.8 Å². The molecule has 3 rings (SSSR count). The summed E-state index contributed by atoms with van der Waals surface area (Å²) in [5, 5.41) is 9.96. The molecule has 0 unspecified atom stereocenters. The number of morpholine rings is 1. The Morgan fingerprint density at radius 3 is 2.64 bits per heavy atom. The highest BCUT2D eigenvalue weighted by atomic mass is 16.5. The second-order valence-corrected chi connectivity index (χ2v) is 8.27. The Morgan fingerprint density at radius 2 is 1.94 bits per heavy atom. The van der Waals surface area contributed by atoms with Crippen molar-refractivity contribution in [3.05, 3.63) is 83.0 Å². The highest BCUT2D eigenvalue weighted by Crippen LogP contribution is 2.33. The zero-order valence-electron chi connectivity index (χ0n) is 20.2. The molecule has 1 aliphatic rings. The minimum Gasteiger partial charge on any atom is -0.508 e. The first-order valence-electron chi connectivity index (χ1n) is 12.0. The van der Waals surface area contributed by atoms with Crippen molar-refractivity contribution in [2.24, 2.45) is 0 Å². The van der Waals surface area contributed by atoms with Crippen molar-refractivity contribution in [3.63, 3.8) is 0 Å². The first kappa shape index (κ1) is 24.8. The summed E-state index contributed by atoms with van der Waals surface area (Å²) in [6.07, 6.45) is 10.5. The number of ether oxygens (including phenoxy) is 2. The molecule has 2 aromatic rings. The van der Waals surface area contributed by atoms with Crippen LogP contribution in [0.15, 0.2) is 66.3 Å². The lowest BCUT2D eigenvalue weighted by atomic mass is 9.89. The van der Waals surface area contributed by atoms with Gasteiger partial charge in [-0.15, -0.1) is 0 Å². The van der Waals surface area contributed by atoms with E-state index in [1.54, 1.807) is 12.1 Å². The number of aromatic hydroxyl groups is 1. The number of allylic oxidation sites excluding steroid dienone is 5. The van der Waals surface area contributed by atoms with Crippen molar-refractivity contribution in [1.29, 1.82) is 0 Å². The van der Waals surface area contributed by atoms with Crippen LogP contribution in [0.25, 0.3) is 11.6 Å². The third-order valence-corrected chi connectivity index (χ3v) is 5.82. The normalized spacial score (nSPS) is 15.8. The van der Waals surface area contributed by atoms with E-state index < -0.39 is 0 Å². The smallest absolute Gasteiger partial charge is 0.119 e. The maximum atomic E-state index is 9.96. The van der Waals surface area contributed by atoms with Crippen molar-refractivity contribution in [2.75, 3.05) is 39.5 Å². The van der Waals surface area contributed by atoms with E-state index >= 15 is 0 Å². The van der Waals surface area contributed by atoms with Gasteiger partial charge in [0.2, 0.25) is 0 Å². The average Bonchev–Trinajstić information content (AvgIpc) is 2.83. The van der Waals surface area contributed by atoms with Crippen molar-refractivity contribution >= 4 is 11.6 Å². The summed E-state index contributed by atoms with van der Waals surface area (Å²) in [4.78, 5) is 2.39. The molecule has 0 aromatic heterocycles. The zero-order valence-corrected chi connectivity index (χ0v) is 20.2. The number of rotatable bonds is 10. The molecule has 0 spiro atoms. The maximum absolute atomic E-state index is 9.96. The monoisotopic (exact) mass is 447 g/mol. The van der Waals surface area contributed by atoms with E-state index in [1.807, 2.05) is 19.1 Å². The van der Waals surface area contributed by atoms with E-state index in [0.29, 0.717) is 6.61 Å². The van der Waals surface area contributed by atoms with Crippen LogP contribution in [0.2, 0.25) is 0 Å². The fourth-order valence-corrected chi connectivity index (χ4v) is 4.14. The van der Waals surface area contributed by atoms with Gasteiger partial charge in [-0.05, 0) is 78.4 Å². The Bertz CT molecular complexity index is 984. The Kier molecular flexibility index (Phi) is 9.79. The predicted molar refractivity (Wildman–Crippen MR) is 138 cm³/mol. The average molecular weight is 448 g/mol. The molecule has 1 N–H and O–H groups in total. The summed E-state index contributed by atoms with van der Waals surface area (Å²) in [6, 6.07) is 13.8. The summed E-state index contributed by atoms with van der Waals surface area (Å²) in [7, 11) is 0. The van der Waals surface area contributed by atoms with E-state index in [1.165, 1.54) is 11.1 Å². The van der Waals surface area contributed by atoms with Crippen molar-refractivity contribution in [3.8, 4) is 11.5 Å². The quantitative estimate of drug-likeness (QED) is 0.352. The Hall–Kier alpha value is -2.82. The van der Waals surface area contributed by atoms with Crippen LogP contribution in [0, 0.1) is 0 Å². The standard InChI is InChI=1S/C29H37NO3/c1-4-8-24(6-3)29(21-23-10-7-11-26(31)20-23)28-13-12-27(22-25(28)9-5-2)33-19-16-30-14-17-32-18-15-30/h4,6-8,10-13,20-22,31H,5,9,14-19H2,1-3H3/b8-4-,24-6+,29-21+. The molecule has 0 amide bonds. The first-order chi connectivity index (χ1) is 16.1. The van der Waals surface area contributed by atoms with Gasteiger partial charge in [-0.3, -0.25) is 4.90 Å². The third kappa shape index (κ3) is 7.34. The molecular formula is C29H37NO3. The molecule has 1 saturated heterocycles. The minimum atomic E-state index is 0.272. The van der Waals surface area contributed by atoms with Gasteiger partial charge >= 0.3 is 0 Å². The highest BCUT2D eigenvalue weighted by Gasteiger charge is 2.13. The van der Waals surface area contributed by atoms with Crippen molar-refractivity contribution in [2.45, 2.75) is 33.6 Å². The van der Waals surface area contributed by atoms with Gasteiger partial charge in [0, 0.05) is 19.6 Å². The topological polar surface area (TPSA) is 41.9 Å². The van der Waals surface area contributed by atoms with E-state index in [2.05, 4.69) is 61.3 Å². The highest BCUT2D eigenvalue weighted by molar-refractivity contribution is 5.94. The third-order valence-electron chi connectivity index (χ3n) is 5.82. The van der Waals surface area contributed by atoms with Crippen LogP contribution in [-0.2, 0) is 11.2 Å². The molecule has 4 heteroatoms. The zero-order chi connectivity index (χ0) is 23.5. The summed E-state index contributed by atoms with van der Waals surface area (Å²) in [5.74, 6) is 1.19. The molecule has 176 valence electrons. The largest absolute Gasteiger partial charge is 0.508 e. The molecule has 0 saturated carbocycles. The first-order valence-corrected chi connectivity index (χ1v) is 12.0. The molecule has 0 bridgehead atoms. The SMILES string of the molecule is C\C=C/C(=C\C)C(=C\c1cccc(O)c1)/c1ccc(OCCN2CCOCC2)cc1CCC. The number of phenolic OH excluding ortho intramolecular Hbond substituents is 1. The van der Waals surface area contributed by atoms with Gasteiger partial charge in [0.05, 0.1) is 13.2 Å². The van der Waals surface area contributed by atoms with Gasteiger partial charge in [-0.25, -0.2) is 0 Å². The van der Waals surface area contributed by atoms with Crippen LogP contribution in [0.1, 0.15) is 43.9 Å². The van der Waals surface area contributed by atoms with Crippen molar-refractivity contribution < 1.29 is 14.6 Å². The molecule has 0 aliphatic carbocycles. The van der Waals surface area contributed by atoms with E-state index in [9.17, 15) is 5.11 Å². The van der Waals surface area contributed by atoms with Gasteiger partial charge in [-0.2, -0.15) is 0 Å². The number of aryl methyl sites for hydroxylation is 1. The van der Waals surface area contributed by atoms with Gasteiger partial charge in [0.15, 0.2) is 0 Å². The molecule has 0 atom stereocenters. The molecule has 1 fully saturated rings. The molecular weight excluding hydrogens is 410 g/mol. The van der Waals surface area contributed by atoms with E-state index in [-0.39, 0.29) is 5.75 Å². The van der Waals surface area contributed by atoms with Gasteiger partial charge < -0.3 is 14.6 Å². The Labute approximate surface area is 198 Å². The van der Waals surface area contributed by atoms with Crippen LogP contribution in [0.3, 0.4) is 0 Å². The summed E-state index contributed by atoms with van der Waals surface area (Å²) < 4.78 is 11.6. The minimum absolute atomic E-state index is 0.272. The lowest BCUT2D eigenvalue weighted by molar-refractivity contribution is 0.0322. The summed E-state index contributed by atoms with van der Waals surface area (Å²) >= 11 is 0. The number of phenols is 1. The lowest BCUT2D eigenvalue weighted by Crippen LogP contribution is -2.38. The van der Waals surface area contributed by atoms with E-state index in [4.69, 9.17) is 9.47 Å². The summed E-state index contributed by atoms with van der Waals surface area (Å²) in [5.41, 5.74) is 5.74. The maximum Gasteiger partial charge on any atom is 0.119 e. The van der Waals surface area contributed by atoms with Crippen LogP contribution >= 0.6 is 0 Å². The molecule has 2 aromatic carbocycles. The van der Waals surface area contributed by atoms with Crippen LogP contribution in [0.4, 0.5) is 0 Å². The fourth-order valence-electron chi connectivity index (χ4n) is 4.14. The predicted octanol–water partition coefficient (Wildman–Crippen LogP) is 6.12. The van der Waals surface area contributed by atoms with Gasteiger partial charge in [0.1, 0.15) is 18.1 Å². The van der Waals surface area contributed by atoms with Crippen LogP contribution in [0.5, 0.6) is 11.5 Å². The number of hydrogen-bond acceptors (Lipinski definition) is 4. The number of nitrogens with zero attached hydrogens (tertiary/aromatic N) is 1. The summed E-state index contributed by atoms with van der Waals surface area (Å²) in [6.45, 7) is 11.5. The van der Waals surface area contributed by atoms with Crippen LogP contribution in [-0.4, -0.2) is 49.5 Å². The second-order valence-electron chi connectivity index (χ2n) is 8.27. The van der Waals surface area contributed by atoms with Crippen LogP contribution < -0.4 is 4.74 Å². The van der Waals surface area contributed by atoms with Gasteiger partial charge in [0.25, 0.3) is 0 Å². The second kappa shape index (κ2) is 13.0. The van der Waals surface area contributed by atoms with Crippen molar-refractivity contribution in [1.82, 2.24) is 4.90 Å². The molecule has 1 aliphatic heterocycles. The lowest BCUT2D eigenvalue weighted by Gasteiger charge is -2.26. The Morgan fingerprint density at radius 1 is 1.12 bits per heavy atom. The van der Waals surface area contributed by atoms with E-state index in [0.717, 1.165) is 68.1 Å². The number of benzene rings is 2. The Balaban J connectivity index is 1.90. The molecule has 0 radical (unpaired) electrons.